The number of aliphatic carboxylic acids is 2. The van der Waals surface area contributed by atoms with Crippen LogP contribution in [-0.2, 0) is 24.0 Å². The molecule has 0 aromatic carbocycles. The first-order valence-electron chi connectivity index (χ1n) is 11.3. The van der Waals surface area contributed by atoms with Crippen molar-refractivity contribution in [3.05, 3.63) is 46.6 Å². The summed E-state index contributed by atoms with van der Waals surface area (Å²) in [7, 11) is 0. The van der Waals surface area contributed by atoms with Crippen LogP contribution in [0.5, 0.6) is 0 Å². The van der Waals surface area contributed by atoms with Gasteiger partial charge in [0.15, 0.2) is 10.8 Å². The number of alkyl halides is 3. The maximum absolute atomic E-state index is 12.8. The maximum Gasteiger partial charge on any atom is 0.490 e. The molecule has 2 saturated heterocycles. The second-order valence-corrected chi connectivity index (χ2v) is 10.3. The third-order valence-electron chi connectivity index (χ3n) is 5.72. The molecule has 2 fully saturated rings. The number of oxime groups is 1. The van der Waals surface area contributed by atoms with Gasteiger partial charge >= 0.3 is 18.1 Å². The Morgan fingerprint density at radius 2 is 1.95 bits per heavy atom. The normalized spacial score (nSPS) is 21.6. The zero-order chi connectivity index (χ0) is 30.6. The number of β-lactam (4-membered cyclic amide) rings is 1. The van der Waals surface area contributed by atoms with Crippen LogP contribution in [0.3, 0.4) is 0 Å². The average molecular weight is 619 g/mol. The van der Waals surface area contributed by atoms with E-state index in [-0.39, 0.29) is 28.2 Å². The van der Waals surface area contributed by atoms with E-state index in [1.807, 2.05) is 0 Å². The fraction of sp³-hybridized carbons (Fsp3) is 0.318. The van der Waals surface area contributed by atoms with Crippen molar-refractivity contribution in [2.24, 2.45) is 5.16 Å². The summed E-state index contributed by atoms with van der Waals surface area (Å²) in [5.74, 6) is -5.50. The third kappa shape index (κ3) is 6.68. The number of hydrogen-bond acceptors (Lipinski definition) is 11. The molecule has 1 aromatic heterocycles. The molecule has 0 unspecified atom stereocenters. The summed E-state index contributed by atoms with van der Waals surface area (Å²) in [6.07, 6.45) is -1.46. The van der Waals surface area contributed by atoms with Gasteiger partial charge in [-0.05, 0) is 18.1 Å². The van der Waals surface area contributed by atoms with Crippen molar-refractivity contribution >= 4 is 63.6 Å². The van der Waals surface area contributed by atoms with Gasteiger partial charge in [0.05, 0.1) is 0 Å². The highest BCUT2D eigenvalue weighted by molar-refractivity contribution is 8.00. The van der Waals surface area contributed by atoms with Crippen LogP contribution < -0.4 is 11.1 Å². The van der Waals surface area contributed by atoms with Gasteiger partial charge in [-0.25, -0.2) is 14.6 Å². The molecular weight excluding hydrogens is 597 g/mol. The van der Waals surface area contributed by atoms with E-state index >= 15 is 0 Å². The topological polar surface area (TPSA) is 216 Å². The van der Waals surface area contributed by atoms with Gasteiger partial charge < -0.3 is 31.4 Å². The fourth-order valence-electron chi connectivity index (χ4n) is 3.91. The molecule has 3 aliphatic rings. The standard InChI is InChI=1S/C20H20N6O6S2.C2HF3O2/c1-2-4-25-5-3-9(16(25)28)6-10-7-33-18-13(17(29)26(18)14(10)19(30)31)23-15(27)12(24-32)11-8-34-20(21)22-11;3-2(4,5)1(6)7/h2,6,8,13,18,32H,1,3-5,7H2,(H2,21,22)(H,23,27)(H,30,31);(H,6,7)/t13-,18-;/m1./s1. The van der Waals surface area contributed by atoms with Crippen LogP contribution in [0.25, 0.3) is 0 Å². The van der Waals surface area contributed by atoms with Crippen molar-refractivity contribution in [2.75, 3.05) is 24.6 Å². The molecule has 3 aliphatic heterocycles. The Balaban J connectivity index is 0.000000587. The molecule has 19 heteroatoms. The summed E-state index contributed by atoms with van der Waals surface area (Å²) >= 11 is 2.31. The van der Waals surface area contributed by atoms with Crippen LogP contribution >= 0.6 is 23.1 Å². The summed E-state index contributed by atoms with van der Waals surface area (Å²) in [6.45, 7) is 4.53. The zero-order valence-electron chi connectivity index (χ0n) is 20.6. The van der Waals surface area contributed by atoms with Crippen molar-refractivity contribution in [2.45, 2.75) is 24.0 Å². The number of halogens is 3. The molecule has 0 spiro atoms. The predicted molar refractivity (Wildman–Crippen MR) is 138 cm³/mol. The molecule has 3 amide bonds. The number of fused-ring (bicyclic) bond motifs is 1. The Morgan fingerprint density at radius 1 is 1.29 bits per heavy atom. The number of hydrogen-bond donors (Lipinski definition) is 5. The van der Waals surface area contributed by atoms with Gasteiger partial charge in [-0.15, -0.1) is 29.7 Å². The minimum atomic E-state index is -5.08. The van der Waals surface area contributed by atoms with Crippen LogP contribution in [-0.4, -0.2) is 102 Å². The summed E-state index contributed by atoms with van der Waals surface area (Å²) in [5, 5.41) is 32.6. The Bertz CT molecular complexity index is 1390. The van der Waals surface area contributed by atoms with Crippen LogP contribution in [0.4, 0.5) is 18.3 Å². The Labute approximate surface area is 236 Å². The predicted octanol–water partition coefficient (Wildman–Crippen LogP) is 0.620. The van der Waals surface area contributed by atoms with Gasteiger partial charge in [0.2, 0.25) is 5.91 Å². The molecule has 0 radical (unpaired) electrons. The number of nitrogens with two attached hydrogens (primary N) is 1. The Kier molecular flexibility index (Phi) is 9.43. The molecule has 2 atom stereocenters. The molecule has 220 valence electrons. The van der Waals surface area contributed by atoms with E-state index in [1.165, 1.54) is 17.1 Å². The van der Waals surface area contributed by atoms with Crippen LogP contribution in [0, 0.1) is 0 Å². The van der Waals surface area contributed by atoms with Crippen molar-refractivity contribution in [1.29, 1.82) is 0 Å². The highest BCUT2D eigenvalue weighted by atomic mass is 32.2. The van der Waals surface area contributed by atoms with Gasteiger partial charge in [-0.3, -0.25) is 19.3 Å². The van der Waals surface area contributed by atoms with Crippen molar-refractivity contribution in [1.82, 2.24) is 20.1 Å². The summed E-state index contributed by atoms with van der Waals surface area (Å²) in [5.41, 5.74) is 5.79. The van der Waals surface area contributed by atoms with E-state index < -0.39 is 47.1 Å². The average Bonchev–Trinajstić information content (AvgIpc) is 3.48. The van der Waals surface area contributed by atoms with Crippen molar-refractivity contribution in [3.63, 3.8) is 0 Å². The fourth-order valence-corrected chi connectivity index (χ4v) is 5.77. The van der Waals surface area contributed by atoms with E-state index in [1.54, 1.807) is 17.1 Å². The molecule has 41 heavy (non-hydrogen) atoms. The van der Waals surface area contributed by atoms with Crippen molar-refractivity contribution in [3.8, 4) is 0 Å². The van der Waals surface area contributed by atoms with E-state index in [4.69, 9.17) is 15.6 Å². The van der Waals surface area contributed by atoms with E-state index in [0.29, 0.717) is 30.7 Å². The number of anilines is 1. The molecule has 6 N–H and O–H groups in total. The number of thiazole rings is 1. The molecule has 14 nitrogen and oxygen atoms in total. The number of carboxylic acid groups (broad SMARTS) is 2. The van der Waals surface area contributed by atoms with Gasteiger partial charge in [-0.1, -0.05) is 11.2 Å². The second-order valence-electron chi connectivity index (χ2n) is 8.32. The third-order valence-corrected chi connectivity index (χ3v) is 7.70. The number of rotatable bonds is 7. The SMILES string of the molecule is C=CCN1CCC(=CC2=C(C(=O)O)N3C(=O)[C@@H](NC(=O)C(=NO)c4csc(N)n4)[C@H]3SC2)C1=O.O=C(O)C(F)(F)F. The Hall–Kier alpha value is -4.39. The van der Waals surface area contributed by atoms with E-state index in [0.717, 1.165) is 16.2 Å². The van der Waals surface area contributed by atoms with Gasteiger partial charge in [0, 0.05) is 29.8 Å². The lowest BCUT2D eigenvalue weighted by molar-refractivity contribution is -0.192. The van der Waals surface area contributed by atoms with Crippen LogP contribution in [0.15, 0.2) is 46.1 Å². The lowest BCUT2D eigenvalue weighted by Crippen LogP contribution is -2.71. The largest absolute Gasteiger partial charge is 0.490 e. The molecule has 1 aromatic rings. The highest BCUT2D eigenvalue weighted by Crippen LogP contribution is 2.41. The van der Waals surface area contributed by atoms with Crippen molar-refractivity contribution < 1.29 is 52.6 Å². The van der Waals surface area contributed by atoms with E-state index in [2.05, 4.69) is 22.0 Å². The molecule has 4 heterocycles. The molecule has 0 aliphatic carbocycles. The molecule has 0 saturated carbocycles. The minimum absolute atomic E-state index is 0.0502. The van der Waals surface area contributed by atoms with Gasteiger partial charge in [0.1, 0.15) is 22.8 Å². The number of carbonyl (C=O) groups is 5. The lowest BCUT2D eigenvalue weighted by Gasteiger charge is -2.49. The molecule has 0 bridgehead atoms. The highest BCUT2D eigenvalue weighted by Gasteiger charge is 2.54. The number of aromatic nitrogens is 1. The number of nitrogens with zero attached hydrogens (tertiary/aromatic N) is 4. The number of nitrogen functional groups attached to an aromatic ring is 1. The number of nitrogens with one attached hydrogen (secondary N) is 1. The summed E-state index contributed by atoms with van der Waals surface area (Å²) in [4.78, 5) is 65.5. The summed E-state index contributed by atoms with van der Waals surface area (Å²) < 4.78 is 31.7. The number of thioether (sulfide) groups is 1. The van der Waals surface area contributed by atoms with Crippen LogP contribution in [0.1, 0.15) is 12.1 Å². The minimum Gasteiger partial charge on any atom is -0.477 e. The van der Waals surface area contributed by atoms with Gasteiger partial charge in [0.25, 0.3) is 11.8 Å². The first-order valence-corrected chi connectivity index (χ1v) is 13.2. The molecule has 4 rings (SSSR count). The van der Waals surface area contributed by atoms with Crippen LogP contribution in [0.2, 0.25) is 0 Å². The smallest absolute Gasteiger partial charge is 0.477 e. The maximum atomic E-state index is 12.8. The number of likely N-dealkylation sites (tertiary alicyclic amines) is 1. The monoisotopic (exact) mass is 618 g/mol. The Morgan fingerprint density at radius 3 is 2.46 bits per heavy atom. The number of amides is 3. The number of carboxylic acids is 2. The quantitative estimate of drug-likeness (QED) is 0.0713. The second kappa shape index (κ2) is 12.4. The van der Waals surface area contributed by atoms with Gasteiger partial charge in [-0.2, -0.15) is 13.2 Å². The number of allylic oxidation sites excluding steroid dienone is 1. The zero-order valence-corrected chi connectivity index (χ0v) is 22.3. The van der Waals surface area contributed by atoms with E-state index in [9.17, 15) is 42.7 Å². The first kappa shape index (κ1) is 31.1. The summed E-state index contributed by atoms with van der Waals surface area (Å²) in [6, 6.07) is -1.02. The molecular formula is C22H21F3N6O8S2. The lowest BCUT2D eigenvalue weighted by atomic mass is 10.0. The first-order chi connectivity index (χ1) is 19.2. The number of carbonyl (C=O) groups excluding carboxylic acids is 3.